The highest BCUT2D eigenvalue weighted by atomic mass is 15.2. The molecule has 0 radical (unpaired) electrons. The minimum Gasteiger partial charge on any atom is -0.367 e. The van der Waals surface area contributed by atoms with Crippen LogP contribution in [0.3, 0.4) is 0 Å². The Morgan fingerprint density at radius 2 is 2.12 bits per heavy atom. The van der Waals surface area contributed by atoms with Gasteiger partial charge in [0.05, 0.1) is 0 Å². The largest absolute Gasteiger partial charge is 0.367 e. The second-order valence-electron chi connectivity index (χ2n) is 4.89. The van der Waals surface area contributed by atoms with E-state index < -0.39 is 0 Å². The van der Waals surface area contributed by atoms with E-state index in [1.165, 1.54) is 23.2 Å². The first-order valence-electron chi connectivity index (χ1n) is 6.23. The zero-order valence-electron chi connectivity index (χ0n) is 10.6. The number of aryl methyl sites for hydroxylation is 2. The maximum absolute atomic E-state index is 3.49. The van der Waals surface area contributed by atoms with Gasteiger partial charge in [-0.15, -0.1) is 0 Å². The van der Waals surface area contributed by atoms with Crippen LogP contribution in [0.1, 0.15) is 24.5 Å². The number of anilines is 1. The van der Waals surface area contributed by atoms with Crippen molar-refractivity contribution < 1.29 is 0 Å². The van der Waals surface area contributed by atoms with E-state index in [-0.39, 0.29) is 0 Å². The fraction of sp³-hybridized carbons (Fsp3) is 0.571. The molecule has 1 aromatic rings. The van der Waals surface area contributed by atoms with Gasteiger partial charge in [0, 0.05) is 24.8 Å². The van der Waals surface area contributed by atoms with Gasteiger partial charge in [-0.2, -0.15) is 0 Å². The smallest absolute Gasteiger partial charge is 0.0398 e. The SMILES string of the molecule is Cc1ccc(N2CCCNCC2C)c(C)c1. The van der Waals surface area contributed by atoms with Crippen molar-refractivity contribution in [1.29, 1.82) is 0 Å². The van der Waals surface area contributed by atoms with Gasteiger partial charge in [-0.3, -0.25) is 0 Å². The standard InChI is InChI=1S/C14H22N2/c1-11-5-6-14(12(2)9-11)16-8-4-7-15-10-13(16)3/h5-6,9,13,15H,4,7-8,10H2,1-3H3. The number of rotatable bonds is 1. The van der Waals surface area contributed by atoms with Gasteiger partial charge in [-0.25, -0.2) is 0 Å². The van der Waals surface area contributed by atoms with Crippen molar-refractivity contribution in [1.82, 2.24) is 5.32 Å². The Bertz CT molecular complexity index is 360. The first kappa shape index (κ1) is 11.5. The zero-order chi connectivity index (χ0) is 11.5. The van der Waals surface area contributed by atoms with Crippen LogP contribution in [-0.4, -0.2) is 25.7 Å². The van der Waals surface area contributed by atoms with Gasteiger partial charge in [0.15, 0.2) is 0 Å². The van der Waals surface area contributed by atoms with E-state index in [1.54, 1.807) is 0 Å². The molecule has 2 nitrogen and oxygen atoms in total. The summed E-state index contributed by atoms with van der Waals surface area (Å²) in [5.74, 6) is 0. The quantitative estimate of drug-likeness (QED) is 0.779. The molecule has 1 atom stereocenters. The van der Waals surface area contributed by atoms with E-state index in [4.69, 9.17) is 0 Å². The molecule has 0 amide bonds. The normalized spacial score (nSPS) is 21.9. The monoisotopic (exact) mass is 218 g/mol. The Hall–Kier alpha value is -1.02. The molecular weight excluding hydrogens is 196 g/mol. The first-order valence-corrected chi connectivity index (χ1v) is 6.23. The van der Waals surface area contributed by atoms with Crippen molar-refractivity contribution >= 4 is 5.69 Å². The Balaban J connectivity index is 2.27. The summed E-state index contributed by atoms with van der Waals surface area (Å²) in [6.07, 6.45) is 1.23. The average molecular weight is 218 g/mol. The predicted octanol–water partition coefficient (Wildman–Crippen LogP) is 2.49. The van der Waals surface area contributed by atoms with Crippen LogP contribution < -0.4 is 10.2 Å². The summed E-state index contributed by atoms with van der Waals surface area (Å²) in [6.45, 7) is 10.1. The fourth-order valence-corrected chi connectivity index (χ4v) is 2.50. The minimum absolute atomic E-state index is 0.587. The van der Waals surface area contributed by atoms with Crippen molar-refractivity contribution in [2.75, 3.05) is 24.5 Å². The Labute approximate surface area is 98.7 Å². The highest BCUT2D eigenvalue weighted by Gasteiger charge is 2.18. The maximum atomic E-state index is 3.49. The lowest BCUT2D eigenvalue weighted by Crippen LogP contribution is -2.37. The molecule has 0 spiro atoms. The second-order valence-corrected chi connectivity index (χ2v) is 4.89. The number of nitrogens with zero attached hydrogens (tertiary/aromatic N) is 1. The molecule has 2 heteroatoms. The van der Waals surface area contributed by atoms with Crippen LogP contribution in [0.25, 0.3) is 0 Å². The molecule has 0 saturated carbocycles. The molecular formula is C14H22N2. The van der Waals surface area contributed by atoms with E-state index >= 15 is 0 Å². The summed E-state index contributed by atoms with van der Waals surface area (Å²) in [5.41, 5.74) is 4.15. The highest BCUT2D eigenvalue weighted by molar-refractivity contribution is 5.55. The molecule has 0 bridgehead atoms. The van der Waals surface area contributed by atoms with E-state index in [9.17, 15) is 0 Å². The second kappa shape index (κ2) is 4.88. The van der Waals surface area contributed by atoms with Gasteiger partial charge in [0.25, 0.3) is 0 Å². The van der Waals surface area contributed by atoms with Crippen molar-refractivity contribution in [3.8, 4) is 0 Å². The van der Waals surface area contributed by atoms with Crippen LogP contribution >= 0.6 is 0 Å². The molecule has 1 aliphatic heterocycles. The maximum Gasteiger partial charge on any atom is 0.0398 e. The third-order valence-electron chi connectivity index (χ3n) is 3.39. The van der Waals surface area contributed by atoms with Gasteiger partial charge in [-0.05, 0) is 45.4 Å². The summed E-state index contributed by atoms with van der Waals surface area (Å²) in [5, 5.41) is 3.49. The molecule has 1 N–H and O–H groups in total. The van der Waals surface area contributed by atoms with Crippen LogP contribution in [0.4, 0.5) is 5.69 Å². The van der Waals surface area contributed by atoms with Crippen LogP contribution in [0.5, 0.6) is 0 Å². The van der Waals surface area contributed by atoms with E-state index in [0.717, 1.165) is 19.6 Å². The van der Waals surface area contributed by atoms with Crippen LogP contribution in [0.15, 0.2) is 18.2 Å². The highest BCUT2D eigenvalue weighted by Crippen LogP contribution is 2.23. The lowest BCUT2D eigenvalue weighted by Gasteiger charge is -2.30. The molecule has 16 heavy (non-hydrogen) atoms. The number of hydrogen-bond acceptors (Lipinski definition) is 2. The third kappa shape index (κ3) is 2.38. The molecule has 1 fully saturated rings. The summed E-state index contributed by atoms with van der Waals surface area (Å²) in [4.78, 5) is 2.54. The summed E-state index contributed by atoms with van der Waals surface area (Å²) >= 11 is 0. The van der Waals surface area contributed by atoms with Gasteiger partial charge in [0.2, 0.25) is 0 Å². The van der Waals surface area contributed by atoms with Crippen molar-refractivity contribution in [3.05, 3.63) is 29.3 Å². The summed E-state index contributed by atoms with van der Waals surface area (Å²) < 4.78 is 0. The zero-order valence-corrected chi connectivity index (χ0v) is 10.6. The fourth-order valence-electron chi connectivity index (χ4n) is 2.50. The van der Waals surface area contributed by atoms with E-state index in [1.807, 2.05) is 0 Å². The predicted molar refractivity (Wildman–Crippen MR) is 70.2 cm³/mol. The van der Waals surface area contributed by atoms with Crippen LogP contribution in [0, 0.1) is 13.8 Å². The van der Waals surface area contributed by atoms with E-state index in [0.29, 0.717) is 6.04 Å². The minimum atomic E-state index is 0.587. The van der Waals surface area contributed by atoms with Crippen molar-refractivity contribution in [3.63, 3.8) is 0 Å². The molecule has 2 rings (SSSR count). The number of hydrogen-bond donors (Lipinski definition) is 1. The topological polar surface area (TPSA) is 15.3 Å². The van der Waals surface area contributed by atoms with Crippen LogP contribution in [-0.2, 0) is 0 Å². The van der Waals surface area contributed by atoms with Gasteiger partial charge >= 0.3 is 0 Å². The van der Waals surface area contributed by atoms with Crippen molar-refractivity contribution in [2.45, 2.75) is 33.2 Å². The molecule has 88 valence electrons. The molecule has 1 aliphatic rings. The van der Waals surface area contributed by atoms with Gasteiger partial charge < -0.3 is 10.2 Å². The lowest BCUT2D eigenvalue weighted by atomic mass is 10.1. The summed E-state index contributed by atoms with van der Waals surface area (Å²) in [7, 11) is 0. The summed E-state index contributed by atoms with van der Waals surface area (Å²) in [6, 6.07) is 7.35. The number of benzene rings is 1. The molecule has 0 aliphatic carbocycles. The average Bonchev–Trinajstić information content (AvgIpc) is 2.44. The Morgan fingerprint density at radius 3 is 2.88 bits per heavy atom. The van der Waals surface area contributed by atoms with Gasteiger partial charge in [0.1, 0.15) is 0 Å². The molecule has 1 aromatic carbocycles. The first-order chi connectivity index (χ1) is 7.68. The molecule has 0 aromatic heterocycles. The van der Waals surface area contributed by atoms with Crippen molar-refractivity contribution in [2.24, 2.45) is 0 Å². The Kier molecular flexibility index (Phi) is 3.49. The van der Waals surface area contributed by atoms with E-state index in [2.05, 4.69) is 49.2 Å². The molecule has 1 heterocycles. The van der Waals surface area contributed by atoms with Crippen LogP contribution in [0.2, 0.25) is 0 Å². The molecule has 1 saturated heterocycles. The Morgan fingerprint density at radius 1 is 1.31 bits per heavy atom. The molecule has 1 unspecified atom stereocenters. The third-order valence-corrected chi connectivity index (χ3v) is 3.39. The number of nitrogens with one attached hydrogen (secondary N) is 1. The van der Waals surface area contributed by atoms with Gasteiger partial charge in [-0.1, -0.05) is 17.7 Å². The lowest BCUT2D eigenvalue weighted by molar-refractivity contribution is 0.629.